The van der Waals surface area contributed by atoms with Crippen molar-refractivity contribution >= 4 is 17.9 Å². The second kappa shape index (κ2) is 67.1. The Kier molecular flexibility index (Phi) is 65.1. The predicted molar refractivity (Wildman–Crippen MR) is 339 cm³/mol. The summed E-state index contributed by atoms with van der Waals surface area (Å²) in [6.07, 6.45) is 83.2. The van der Waals surface area contributed by atoms with Crippen molar-refractivity contribution in [2.24, 2.45) is 0 Å². The summed E-state index contributed by atoms with van der Waals surface area (Å²) in [5.41, 5.74) is 0. The first kappa shape index (κ1) is 75.6. The minimum absolute atomic E-state index is 0.0721. The molecule has 0 fully saturated rings. The highest BCUT2D eigenvalue weighted by atomic mass is 16.6. The third-order valence-corrected chi connectivity index (χ3v) is 15.9. The molecule has 0 bridgehead atoms. The summed E-state index contributed by atoms with van der Waals surface area (Å²) in [5.74, 6) is -0.860. The predicted octanol–water partition coefficient (Wildman–Crippen LogP) is 23.9. The Hall–Kier alpha value is -2.37. The van der Waals surface area contributed by atoms with Gasteiger partial charge in [0.2, 0.25) is 0 Å². The van der Waals surface area contributed by atoms with E-state index in [1.165, 1.54) is 276 Å². The van der Waals surface area contributed by atoms with Crippen LogP contribution in [0.2, 0.25) is 0 Å². The van der Waals surface area contributed by atoms with Crippen LogP contribution in [0.4, 0.5) is 0 Å². The molecule has 0 N–H and O–H groups in total. The molecule has 0 aliphatic rings. The van der Waals surface area contributed by atoms with E-state index < -0.39 is 6.10 Å². The topological polar surface area (TPSA) is 78.9 Å². The van der Waals surface area contributed by atoms with Crippen molar-refractivity contribution in [2.75, 3.05) is 13.2 Å². The van der Waals surface area contributed by atoms with Crippen LogP contribution in [-0.4, -0.2) is 37.2 Å². The van der Waals surface area contributed by atoms with E-state index in [-0.39, 0.29) is 31.1 Å². The SMILES string of the molecule is CCCCC/C=C\CCCCCCCC(=O)OCC(COC(=O)CCCCCCCCCCCCCCCCCCCCCCCCCCCCC)OC(=O)CCCCCCCCCCC/C=C\C/C=C\CCCCCCC. The number of allylic oxidation sites excluding steroid dienone is 6. The molecule has 0 aromatic heterocycles. The number of hydrogen-bond acceptors (Lipinski definition) is 6. The molecule has 78 heavy (non-hydrogen) atoms. The van der Waals surface area contributed by atoms with E-state index in [9.17, 15) is 14.4 Å². The van der Waals surface area contributed by atoms with Gasteiger partial charge in [0.1, 0.15) is 13.2 Å². The van der Waals surface area contributed by atoms with Crippen molar-refractivity contribution in [2.45, 2.75) is 393 Å². The van der Waals surface area contributed by atoms with Crippen LogP contribution in [0.25, 0.3) is 0 Å². The fraction of sp³-hybridized carbons (Fsp3) is 0.875. The van der Waals surface area contributed by atoms with Gasteiger partial charge < -0.3 is 14.2 Å². The lowest BCUT2D eigenvalue weighted by molar-refractivity contribution is -0.167. The number of ether oxygens (including phenoxy) is 3. The molecule has 458 valence electrons. The Bertz CT molecular complexity index is 1300. The average molecular weight is 1100 g/mol. The van der Waals surface area contributed by atoms with Crippen molar-refractivity contribution in [1.82, 2.24) is 0 Å². The van der Waals surface area contributed by atoms with Crippen LogP contribution in [0, 0.1) is 0 Å². The third kappa shape index (κ3) is 64.5. The van der Waals surface area contributed by atoms with Crippen LogP contribution in [-0.2, 0) is 28.6 Å². The highest BCUT2D eigenvalue weighted by Gasteiger charge is 2.19. The summed E-state index contributed by atoms with van der Waals surface area (Å²) in [6.45, 7) is 6.66. The summed E-state index contributed by atoms with van der Waals surface area (Å²) in [6, 6.07) is 0. The van der Waals surface area contributed by atoms with E-state index in [0.29, 0.717) is 19.3 Å². The van der Waals surface area contributed by atoms with Crippen LogP contribution >= 0.6 is 0 Å². The molecule has 0 saturated heterocycles. The van der Waals surface area contributed by atoms with Gasteiger partial charge in [0.25, 0.3) is 0 Å². The molecule has 0 saturated carbocycles. The average Bonchev–Trinajstić information content (AvgIpc) is 3.44. The van der Waals surface area contributed by atoms with Gasteiger partial charge in [0.15, 0.2) is 6.10 Å². The van der Waals surface area contributed by atoms with Crippen LogP contribution in [0.5, 0.6) is 0 Å². The van der Waals surface area contributed by atoms with E-state index in [1.807, 2.05) is 0 Å². The van der Waals surface area contributed by atoms with Gasteiger partial charge >= 0.3 is 17.9 Å². The second-order valence-corrected chi connectivity index (χ2v) is 23.8. The number of rotatable bonds is 65. The minimum atomic E-state index is -0.776. The largest absolute Gasteiger partial charge is 0.462 e. The molecule has 0 aromatic carbocycles. The molecule has 0 amide bonds. The van der Waals surface area contributed by atoms with Crippen molar-refractivity contribution in [3.05, 3.63) is 36.5 Å². The van der Waals surface area contributed by atoms with Crippen LogP contribution in [0.15, 0.2) is 36.5 Å². The lowest BCUT2D eigenvalue weighted by Gasteiger charge is -2.18. The van der Waals surface area contributed by atoms with Crippen LogP contribution < -0.4 is 0 Å². The molecule has 0 rings (SSSR count). The molecule has 1 unspecified atom stereocenters. The van der Waals surface area contributed by atoms with Crippen LogP contribution in [0.3, 0.4) is 0 Å². The lowest BCUT2D eigenvalue weighted by atomic mass is 10.0. The van der Waals surface area contributed by atoms with Crippen molar-refractivity contribution < 1.29 is 28.6 Å². The first-order valence-corrected chi connectivity index (χ1v) is 35.0. The molecular formula is C72H134O6. The molecule has 6 nitrogen and oxygen atoms in total. The van der Waals surface area contributed by atoms with Crippen LogP contribution in [0.1, 0.15) is 387 Å². The van der Waals surface area contributed by atoms with E-state index in [2.05, 4.69) is 57.2 Å². The van der Waals surface area contributed by atoms with Gasteiger partial charge in [0, 0.05) is 19.3 Å². The molecule has 0 radical (unpaired) electrons. The number of hydrogen-bond donors (Lipinski definition) is 0. The zero-order valence-corrected chi connectivity index (χ0v) is 52.7. The van der Waals surface area contributed by atoms with E-state index >= 15 is 0 Å². The van der Waals surface area contributed by atoms with Gasteiger partial charge in [-0.15, -0.1) is 0 Å². The van der Waals surface area contributed by atoms with Gasteiger partial charge in [-0.05, 0) is 77.0 Å². The van der Waals surface area contributed by atoms with Crippen molar-refractivity contribution in [3.63, 3.8) is 0 Å². The highest BCUT2D eigenvalue weighted by molar-refractivity contribution is 5.71. The van der Waals surface area contributed by atoms with Crippen molar-refractivity contribution in [1.29, 1.82) is 0 Å². The summed E-state index contributed by atoms with van der Waals surface area (Å²) in [4.78, 5) is 38.4. The van der Waals surface area contributed by atoms with Gasteiger partial charge in [-0.3, -0.25) is 14.4 Å². The number of unbranched alkanes of at least 4 members (excludes halogenated alkanes) is 48. The van der Waals surface area contributed by atoms with E-state index in [4.69, 9.17) is 14.2 Å². The number of esters is 3. The molecule has 6 heteroatoms. The van der Waals surface area contributed by atoms with Gasteiger partial charge in [-0.1, -0.05) is 327 Å². The smallest absolute Gasteiger partial charge is 0.306 e. The molecule has 0 aromatic rings. The summed E-state index contributed by atoms with van der Waals surface area (Å²) in [5, 5.41) is 0. The normalized spacial score (nSPS) is 12.2. The Morgan fingerprint density at radius 1 is 0.256 bits per heavy atom. The van der Waals surface area contributed by atoms with Gasteiger partial charge in [0.05, 0.1) is 0 Å². The molecule has 0 heterocycles. The molecule has 0 spiro atoms. The Labute approximate surface area is 486 Å². The zero-order valence-electron chi connectivity index (χ0n) is 52.7. The summed E-state index contributed by atoms with van der Waals surface area (Å²) in [7, 11) is 0. The third-order valence-electron chi connectivity index (χ3n) is 15.9. The van der Waals surface area contributed by atoms with E-state index in [1.54, 1.807) is 0 Å². The molecule has 0 aliphatic heterocycles. The highest BCUT2D eigenvalue weighted by Crippen LogP contribution is 2.18. The number of carbonyl (C=O) groups excluding carboxylic acids is 3. The summed E-state index contributed by atoms with van der Waals surface area (Å²) < 4.78 is 17.0. The molecular weight excluding hydrogens is 961 g/mol. The fourth-order valence-corrected chi connectivity index (χ4v) is 10.6. The Morgan fingerprint density at radius 2 is 0.462 bits per heavy atom. The standard InChI is InChI=1S/C72H134O6/c1-4-7-10-13-16-19-22-25-27-29-31-33-34-35-36-37-38-40-41-43-45-47-50-53-56-59-62-65-71(74)77-68-69(67-76-70(73)64-61-58-55-52-49-24-21-18-15-12-9-6-3)78-72(75)66-63-60-57-54-51-48-46-44-42-39-32-30-28-26-23-20-17-14-11-8-5-2/h18,21,23,26,30,32,69H,4-17,19-20,22,24-25,27-29,31,33-68H2,1-3H3/b21-18-,26-23-,32-30-. The minimum Gasteiger partial charge on any atom is -0.462 e. The first-order valence-electron chi connectivity index (χ1n) is 35.0. The summed E-state index contributed by atoms with van der Waals surface area (Å²) >= 11 is 0. The maximum Gasteiger partial charge on any atom is 0.306 e. The van der Waals surface area contributed by atoms with E-state index in [0.717, 1.165) is 70.6 Å². The first-order chi connectivity index (χ1) is 38.5. The zero-order chi connectivity index (χ0) is 56.4. The van der Waals surface area contributed by atoms with Crippen molar-refractivity contribution in [3.8, 4) is 0 Å². The molecule has 0 aliphatic carbocycles. The maximum absolute atomic E-state index is 12.9. The van der Waals surface area contributed by atoms with Gasteiger partial charge in [-0.25, -0.2) is 0 Å². The quantitative estimate of drug-likeness (QED) is 0.0261. The monoisotopic (exact) mass is 1100 g/mol. The maximum atomic E-state index is 12.9. The van der Waals surface area contributed by atoms with Gasteiger partial charge in [-0.2, -0.15) is 0 Å². The molecule has 1 atom stereocenters. The lowest BCUT2D eigenvalue weighted by Crippen LogP contribution is -2.30. The Morgan fingerprint density at radius 3 is 0.744 bits per heavy atom. The Balaban J connectivity index is 4.19. The number of carbonyl (C=O) groups is 3. The second-order valence-electron chi connectivity index (χ2n) is 23.8. The fourth-order valence-electron chi connectivity index (χ4n) is 10.6.